The van der Waals surface area contributed by atoms with Crippen molar-refractivity contribution in [2.45, 2.75) is 6.42 Å². The van der Waals surface area contributed by atoms with E-state index in [9.17, 15) is 0 Å². The summed E-state index contributed by atoms with van der Waals surface area (Å²) in [6.07, 6.45) is 4.69. The zero-order valence-corrected chi connectivity index (χ0v) is 9.35. The SMILES string of the molecule is CN1C=C[N+]=C1CCNc1ccc(N)cc1. The molecular formula is C12H16N4+. The molecule has 0 spiro atoms. The second-order valence-corrected chi connectivity index (χ2v) is 3.75. The standard InChI is InChI=1S/C12H16N4/c1-16-9-8-15-12(16)6-7-14-11-4-2-10(13)3-5-11/h2-5,8-9,14H,6-7,13H2,1H3/q+1. The molecule has 83 valence electrons. The summed E-state index contributed by atoms with van der Waals surface area (Å²) in [5, 5.41) is 3.33. The summed E-state index contributed by atoms with van der Waals surface area (Å²) in [5.74, 6) is 1.09. The zero-order chi connectivity index (χ0) is 11.4. The van der Waals surface area contributed by atoms with Gasteiger partial charge in [0.25, 0.3) is 5.84 Å². The summed E-state index contributed by atoms with van der Waals surface area (Å²) in [6, 6.07) is 7.74. The lowest BCUT2D eigenvalue weighted by Gasteiger charge is -2.06. The van der Waals surface area contributed by atoms with Crippen molar-refractivity contribution in [3.63, 3.8) is 0 Å². The van der Waals surface area contributed by atoms with Crippen LogP contribution in [0.5, 0.6) is 0 Å². The molecule has 16 heavy (non-hydrogen) atoms. The van der Waals surface area contributed by atoms with Gasteiger partial charge < -0.3 is 11.1 Å². The summed E-state index contributed by atoms with van der Waals surface area (Å²) >= 11 is 0. The number of amidine groups is 1. The molecule has 0 saturated carbocycles. The average Bonchev–Trinajstić information content (AvgIpc) is 2.68. The number of anilines is 2. The normalized spacial score (nSPS) is 14.1. The van der Waals surface area contributed by atoms with Crippen LogP contribution in [0.1, 0.15) is 6.42 Å². The largest absolute Gasteiger partial charge is 0.399 e. The molecule has 3 N–H and O–H groups in total. The summed E-state index contributed by atoms with van der Waals surface area (Å²) in [6.45, 7) is 0.870. The Morgan fingerprint density at radius 3 is 2.69 bits per heavy atom. The van der Waals surface area contributed by atoms with E-state index in [1.807, 2.05) is 48.6 Å². The molecule has 0 bridgehead atoms. The highest BCUT2D eigenvalue weighted by Crippen LogP contribution is 2.10. The monoisotopic (exact) mass is 216 g/mol. The first-order valence-corrected chi connectivity index (χ1v) is 5.31. The van der Waals surface area contributed by atoms with E-state index in [-0.39, 0.29) is 0 Å². The Kier molecular flexibility index (Phi) is 3.10. The van der Waals surface area contributed by atoms with E-state index >= 15 is 0 Å². The molecule has 0 atom stereocenters. The van der Waals surface area contributed by atoms with Crippen LogP contribution in [0.15, 0.2) is 36.7 Å². The van der Waals surface area contributed by atoms with Gasteiger partial charge in [0.2, 0.25) is 0 Å². The molecule has 0 aliphatic carbocycles. The Morgan fingerprint density at radius 2 is 2.06 bits per heavy atom. The fourth-order valence-corrected chi connectivity index (χ4v) is 1.56. The summed E-state index contributed by atoms with van der Waals surface area (Å²) in [7, 11) is 2.01. The quantitative estimate of drug-likeness (QED) is 0.744. The van der Waals surface area contributed by atoms with E-state index in [1.165, 1.54) is 0 Å². The lowest BCUT2D eigenvalue weighted by molar-refractivity contribution is 0.681. The van der Waals surface area contributed by atoms with Crippen molar-refractivity contribution in [3.8, 4) is 0 Å². The molecule has 1 heterocycles. The maximum absolute atomic E-state index is 5.61. The van der Waals surface area contributed by atoms with Gasteiger partial charge in [0, 0.05) is 17.9 Å². The van der Waals surface area contributed by atoms with Gasteiger partial charge in [0.1, 0.15) is 6.20 Å². The fraction of sp³-hybridized carbons (Fsp3) is 0.250. The number of nitrogens with two attached hydrogens (primary N) is 1. The molecule has 1 aromatic rings. The predicted molar refractivity (Wildman–Crippen MR) is 68.0 cm³/mol. The van der Waals surface area contributed by atoms with Crippen molar-refractivity contribution < 1.29 is 0 Å². The molecule has 0 aromatic heterocycles. The van der Waals surface area contributed by atoms with Crippen LogP contribution in [0.3, 0.4) is 0 Å². The minimum Gasteiger partial charge on any atom is -0.399 e. The first-order chi connectivity index (χ1) is 7.75. The van der Waals surface area contributed by atoms with Crippen LogP contribution in [-0.4, -0.2) is 24.3 Å². The maximum atomic E-state index is 5.61. The van der Waals surface area contributed by atoms with Crippen LogP contribution in [0, 0.1) is 0 Å². The third kappa shape index (κ3) is 2.53. The van der Waals surface area contributed by atoms with Crippen molar-refractivity contribution in [2.75, 3.05) is 24.6 Å². The third-order valence-corrected chi connectivity index (χ3v) is 2.51. The maximum Gasteiger partial charge on any atom is 0.300 e. The Bertz CT molecular complexity index is 406. The van der Waals surface area contributed by atoms with Gasteiger partial charge in [0.15, 0.2) is 6.20 Å². The van der Waals surface area contributed by atoms with Crippen molar-refractivity contribution >= 4 is 17.2 Å². The number of hydrogen-bond donors (Lipinski definition) is 2. The van der Waals surface area contributed by atoms with Crippen LogP contribution in [-0.2, 0) is 0 Å². The lowest BCUT2D eigenvalue weighted by Crippen LogP contribution is -2.23. The van der Waals surface area contributed by atoms with Gasteiger partial charge in [0.05, 0.1) is 13.5 Å². The van der Waals surface area contributed by atoms with E-state index in [0.717, 1.165) is 30.2 Å². The van der Waals surface area contributed by atoms with Gasteiger partial charge in [-0.2, -0.15) is 0 Å². The number of nitrogens with one attached hydrogen (secondary N) is 1. The molecule has 2 rings (SSSR count). The Hall–Kier alpha value is -1.97. The first-order valence-electron chi connectivity index (χ1n) is 5.31. The van der Waals surface area contributed by atoms with Gasteiger partial charge in [-0.25, -0.2) is 4.90 Å². The number of benzene rings is 1. The van der Waals surface area contributed by atoms with Crippen LogP contribution >= 0.6 is 0 Å². The van der Waals surface area contributed by atoms with Crippen LogP contribution in [0.2, 0.25) is 0 Å². The molecule has 0 fully saturated rings. The number of hydrogen-bond acceptors (Lipinski definition) is 4. The van der Waals surface area contributed by atoms with E-state index in [0.29, 0.717) is 0 Å². The van der Waals surface area contributed by atoms with Crippen LogP contribution < -0.4 is 16.0 Å². The predicted octanol–water partition coefficient (Wildman–Crippen LogP) is 1.22. The van der Waals surface area contributed by atoms with Crippen molar-refractivity contribution in [2.24, 2.45) is 0 Å². The topological polar surface area (TPSA) is 55.4 Å². The molecule has 1 aliphatic rings. The molecule has 0 amide bonds. The molecule has 1 aromatic carbocycles. The van der Waals surface area contributed by atoms with Gasteiger partial charge in [-0.05, 0) is 24.3 Å². The van der Waals surface area contributed by atoms with Gasteiger partial charge in [-0.1, -0.05) is 4.99 Å². The molecular weight excluding hydrogens is 200 g/mol. The number of aliphatic imine (C=N–C) groups is 1. The van der Waals surface area contributed by atoms with Crippen molar-refractivity contribution in [3.05, 3.63) is 36.7 Å². The number of rotatable bonds is 4. The Morgan fingerprint density at radius 1 is 1.31 bits per heavy atom. The average molecular weight is 216 g/mol. The van der Waals surface area contributed by atoms with Crippen LogP contribution in [0.25, 0.3) is 0 Å². The molecule has 0 saturated heterocycles. The number of nitrogens with zero attached hydrogens (tertiary/aromatic N) is 2. The minimum atomic E-state index is 0.787. The second-order valence-electron chi connectivity index (χ2n) is 3.75. The highest BCUT2D eigenvalue weighted by molar-refractivity contribution is 5.84. The molecule has 4 heteroatoms. The van der Waals surface area contributed by atoms with E-state index < -0.39 is 0 Å². The van der Waals surface area contributed by atoms with E-state index in [4.69, 9.17) is 5.73 Å². The second kappa shape index (κ2) is 4.70. The smallest absolute Gasteiger partial charge is 0.300 e. The Balaban J connectivity index is 1.78. The summed E-state index contributed by atoms with van der Waals surface area (Å²) in [4.78, 5) is 6.30. The highest BCUT2D eigenvalue weighted by atomic mass is 15.2. The molecule has 4 nitrogen and oxygen atoms in total. The van der Waals surface area contributed by atoms with E-state index in [2.05, 4.69) is 10.3 Å². The number of nitrogen functional groups attached to an aromatic ring is 1. The van der Waals surface area contributed by atoms with Crippen LogP contribution in [0.4, 0.5) is 11.4 Å². The van der Waals surface area contributed by atoms with Crippen molar-refractivity contribution in [1.29, 1.82) is 0 Å². The minimum absolute atomic E-state index is 0.787. The van der Waals surface area contributed by atoms with Gasteiger partial charge in [-0.3, -0.25) is 0 Å². The van der Waals surface area contributed by atoms with Crippen molar-refractivity contribution in [1.82, 2.24) is 9.89 Å². The zero-order valence-electron chi connectivity index (χ0n) is 9.35. The molecule has 1 aliphatic heterocycles. The van der Waals surface area contributed by atoms with E-state index in [1.54, 1.807) is 0 Å². The Labute approximate surface area is 95.5 Å². The summed E-state index contributed by atoms with van der Waals surface area (Å²) < 4.78 is 0. The van der Waals surface area contributed by atoms with Gasteiger partial charge in [-0.15, -0.1) is 0 Å². The molecule has 0 unspecified atom stereocenters. The molecule has 1 radical (unpaired) electrons. The highest BCUT2D eigenvalue weighted by Gasteiger charge is 2.17. The fourth-order valence-electron chi connectivity index (χ4n) is 1.56. The summed E-state index contributed by atoms with van der Waals surface area (Å²) in [5.41, 5.74) is 7.48. The van der Waals surface area contributed by atoms with Gasteiger partial charge >= 0.3 is 0 Å². The first kappa shape index (κ1) is 10.5. The lowest BCUT2D eigenvalue weighted by atomic mass is 10.3. The third-order valence-electron chi connectivity index (χ3n) is 2.51.